The summed E-state index contributed by atoms with van der Waals surface area (Å²) >= 11 is 6.13. The average molecular weight is 256 g/mol. The zero-order valence-electron chi connectivity index (χ0n) is 9.95. The van der Waals surface area contributed by atoms with Gasteiger partial charge in [-0.15, -0.1) is 0 Å². The fraction of sp³-hybridized carbons (Fsp3) is 0.538. The Morgan fingerprint density at radius 1 is 1.53 bits per heavy atom. The maximum atomic E-state index is 9.42. The van der Waals surface area contributed by atoms with E-state index in [1.807, 2.05) is 25.1 Å². The number of hydrogen-bond donors (Lipinski definition) is 2. The summed E-state index contributed by atoms with van der Waals surface area (Å²) in [6, 6.07) is 5.96. The van der Waals surface area contributed by atoms with Crippen LogP contribution in [0.3, 0.4) is 0 Å². The van der Waals surface area contributed by atoms with Gasteiger partial charge in [-0.3, -0.25) is 0 Å². The van der Waals surface area contributed by atoms with E-state index in [0.717, 1.165) is 29.2 Å². The van der Waals surface area contributed by atoms with Crippen molar-refractivity contribution in [1.29, 1.82) is 0 Å². The molecule has 0 saturated carbocycles. The molecule has 1 aliphatic heterocycles. The van der Waals surface area contributed by atoms with Crippen LogP contribution in [0.1, 0.15) is 17.2 Å². The quantitative estimate of drug-likeness (QED) is 0.849. The van der Waals surface area contributed by atoms with Crippen molar-refractivity contribution < 1.29 is 9.84 Å². The molecule has 2 rings (SSSR count). The van der Waals surface area contributed by atoms with Crippen LogP contribution in [-0.2, 0) is 4.74 Å². The molecular formula is C13H18ClNO2. The number of halogens is 1. The summed E-state index contributed by atoms with van der Waals surface area (Å²) in [7, 11) is 0. The van der Waals surface area contributed by atoms with E-state index in [1.54, 1.807) is 0 Å². The topological polar surface area (TPSA) is 41.5 Å². The summed E-state index contributed by atoms with van der Waals surface area (Å²) in [5.41, 5.74) is 2.10. The molecule has 0 aliphatic carbocycles. The van der Waals surface area contributed by atoms with Gasteiger partial charge in [-0.05, 0) is 24.1 Å². The fourth-order valence-corrected chi connectivity index (χ4v) is 2.29. The molecular weight excluding hydrogens is 238 g/mol. The van der Waals surface area contributed by atoms with Gasteiger partial charge >= 0.3 is 0 Å². The lowest BCUT2D eigenvalue weighted by atomic mass is 9.95. The standard InChI is InChI=1S/C13H18ClNO2/c1-9-2-3-10(6-12(9)14)13-11(8-16)7-15-4-5-17-13/h2-3,6,11,13,15-16H,4-5,7-8H2,1H3. The van der Waals surface area contributed by atoms with E-state index >= 15 is 0 Å². The summed E-state index contributed by atoms with van der Waals surface area (Å²) in [4.78, 5) is 0. The number of aliphatic hydroxyl groups is 1. The number of ether oxygens (including phenoxy) is 1. The van der Waals surface area contributed by atoms with E-state index in [1.165, 1.54) is 0 Å². The monoisotopic (exact) mass is 255 g/mol. The zero-order chi connectivity index (χ0) is 12.3. The van der Waals surface area contributed by atoms with Crippen molar-refractivity contribution in [3.05, 3.63) is 34.3 Å². The first-order chi connectivity index (χ1) is 8.22. The van der Waals surface area contributed by atoms with Gasteiger partial charge in [0.15, 0.2) is 0 Å². The zero-order valence-corrected chi connectivity index (χ0v) is 10.7. The minimum atomic E-state index is -0.0758. The van der Waals surface area contributed by atoms with E-state index in [2.05, 4.69) is 5.32 Å². The number of hydrogen-bond acceptors (Lipinski definition) is 3. The van der Waals surface area contributed by atoms with Gasteiger partial charge in [0.2, 0.25) is 0 Å². The molecule has 2 N–H and O–H groups in total. The highest BCUT2D eigenvalue weighted by molar-refractivity contribution is 6.31. The van der Waals surface area contributed by atoms with Gasteiger partial charge in [0.1, 0.15) is 0 Å². The molecule has 1 fully saturated rings. The fourth-order valence-electron chi connectivity index (χ4n) is 2.10. The van der Waals surface area contributed by atoms with Crippen LogP contribution in [0.2, 0.25) is 5.02 Å². The minimum Gasteiger partial charge on any atom is -0.396 e. The maximum absolute atomic E-state index is 9.42. The molecule has 1 saturated heterocycles. The maximum Gasteiger partial charge on any atom is 0.0888 e. The first-order valence-electron chi connectivity index (χ1n) is 5.91. The van der Waals surface area contributed by atoms with E-state index < -0.39 is 0 Å². The molecule has 1 aromatic rings. The Bertz CT molecular complexity index is 384. The molecule has 0 spiro atoms. The number of rotatable bonds is 2. The van der Waals surface area contributed by atoms with Crippen molar-refractivity contribution in [2.45, 2.75) is 13.0 Å². The Labute approximate surface area is 107 Å². The molecule has 2 atom stereocenters. The van der Waals surface area contributed by atoms with E-state index in [4.69, 9.17) is 16.3 Å². The van der Waals surface area contributed by atoms with Crippen LogP contribution < -0.4 is 5.32 Å². The van der Waals surface area contributed by atoms with E-state index in [-0.39, 0.29) is 18.6 Å². The highest BCUT2D eigenvalue weighted by Gasteiger charge is 2.25. The van der Waals surface area contributed by atoms with Crippen molar-refractivity contribution in [1.82, 2.24) is 5.32 Å². The van der Waals surface area contributed by atoms with Crippen LogP contribution in [-0.4, -0.2) is 31.4 Å². The van der Waals surface area contributed by atoms with Gasteiger partial charge in [-0.25, -0.2) is 0 Å². The predicted octanol–water partition coefficient (Wildman–Crippen LogP) is 1.92. The summed E-state index contributed by atoms with van der Waals surface area (Å²) in [5.74, 6) is 0.0799. The third kappa shape index (κ3) is 2.99. The molecule has 94 valence electrons. The molecule has 0 aromatic heterocycles. The van der Waals surface area contributed by atoms with Crippen LogP contribution in [0.5, 0.6) is 0 Å². The Balaban J connectivity index is 2.25. The van der Waals surface area contributed by atoms with E-state index in [0.29, 0.717) is 6.61 Å². The van der Waals surface area contributed by atoms with Gasteiger partial charge in [-0.1, -0.05) is 23.7 Å². The highest BCUT2D eigenvalue weighted by atomic mass is 35.5. The molecule has 1 aromatic carbocycles. The summed E-state index contributed by atoms with van der Waals surface area (Å²) in [5, 5.41) is 13.4. The smallest absolute Gasteiger partial charge is 0.0888 e. The molecule has 0 radical (unpaired) electrons. The lowest BCUT2D eigenvalue weighted by Gasteiger charge is -2.23. The van der Waals surface area contributed by atoms with Crippen molar-refractivity contribution in [3.63, 3.8) is 0 Å². The second-order valence-corrected chi connectivity index (χ2v) is 4.85. The van der Waals surface area contributed by atoms with Crippen LogP contribution in [0.25, 0.3) is 0 Å². The molecule has 17 heavy (non-hydrogen) atoms. The number of benzene rings is 1. The molecule has 1 heterocycles. The Morgan fingerprint density at radius 2 is 2.35 bits per heavy atom. The first kappa shape index (κ1) is 12.8. The minimum absolute atomic E-state index is 0.0758. The summed E-state index contributed by atoms with van der Waals surface area (Å²) in [6.07, 6.45) is -0.0758. The third-order valence-electron chi connectivity index (χ3n) is 3.17. The molecule has 1 aliphatic rings. The molecule has 3 nitrogen and oxygen atoms in total. The van der Waals surface area contributed by atoms with E-state index in [9.17, 15) is 5.11 Å². The van der Waals surface area contributed by atoms with Gasteiger partial charge in [0, 0.05) is 30.6 Å². The first-order valence-corrected chi connectivity index (χ1v) is 6.29. The van der Waals surface area contributed by atoms with Gasteiger partial charge in [0.25, 0.3) is 0 Å². The van der Waals surface area contributed by atoms with Crippen LogP contribution in [0.15, 0.2) is 18.2 Å². The van der Waals surface area contributed by atoms with Gasteiger partial charge in [-0.2, -0.15) is 0 Å². The number of nitrogens with one attached hydrogen (secondary N) is 1. The second-order valence-electron chi connectivity index (χ2n) is 4.45. The average Bonchev–Trinajstić information content (AvgIpc) is 2.57. The molecule has 2 unspecified atom stereocenters. The molecule has 4 heteroatoms. The van der Waals surface area contributed by atoms with Crippen LogP contribution in [0, 0.1) is 12.8 Å². The van der Waals surface area contributed by atoms with Crippen LogP contribution in [0.4, 0.5) is 0 Å². The number of aryl methyl sites for hydroxylation is 1. The van der Waals surface area contributed by atoms with Crippen molar-refractivity contribution in [2.24, 2.45) is 5.92 Å². The lowest BCUT2D eigenvalue weighted by Crippen LogP contribution is -2.27. The van der Waals surface area contributed by atoms with Gasteiger partial charge in [0.05, 0.1) is 12.7 Å². The molecule has 0 bridgehead atoms. The predicted molar refractivity (Wildman–Crippen MR) is 68.3 cm³/mol. The van der Waals surface area contributed by atoms with Crippen LogP contribution >= 0.6 is 11.6 Å². The van der Waals surface area contributed by atoms with Crippen molar-refractivity contribution in [2.75, 3.05) is 26.3 Å². The van der Waals surface area contributed by atoms with Crippen molar-refractivity contribution >= 4 is 11.6 Å². The third-order valence-corrected chi connectivity index (χ3v) is 3.58. The second kappa shape index (κ2) is 5.83. The normalized spacial score (nSPS) is 25.6. The summed E-state index contributed by atoms with van der Waals surface area (Å²) in [6.45, 7) is 4.35. The van der Waals surface area contributed by atoms with Crippen molar-refractivity contribution in [3.8, 4) is 0 Å². The Morgan fingerprint density at radius 3 is 3.06 bits per heavy atom. The Kier molecular flexibility index (Phi) is 4.40. The van der Waals surface area contributed by atoms with Gasteiger partial charge < -0.3 is 15.2 Å². The largest absolute Gasteiger partial charge is 0.396 e. The lowest BCUT2D eigenvalue weighted by molar-refractivity contribution is 0.0115. The number of aliphatic hydroxyl groups excluding tert-OH is 1. The SMILES string of the molecule is Cc1ccc(C2OCCNCC2CO)cc1Cl. The summed E-state index contributed by atoms with van der Waals surface area (Å²) < 4.78 is 5.81. The highest BCUT2D eigenvalue weighted by Crippen LogP contribution is 2.29. The Hall–Kier alpha value is -0.610. The molecule has 0 amide bonds.